The van der Waals surface area contributed by atoms with Crippen LogP contribution in [0, 0.1) is 20.4 Å². The summed E-state index contributed by atoms with van der Waals surface area (Å²) in [5.41, 5.74) is 1.20. The van der Waals surface area contributed by atoms with E-state index >= 15 is 0 Å². The van der Waals surface area contributed by atoms with Crippen molar-refractivity contribution in [2.45, 2.75) is 48.5 Å². The van der Waals surface area contributed by atoms with Crippen molar-refractivity contribution in [3.8, 4) is 0 Å². The Labute approximate surface area is 291 Å². The topological polar surface area (TPSA) is 0 Å². The van der Waals surface area contributed by atoms with Crippen LogP contribution in [0.1, 0.15) is 47.1 Å². The summed E-state index contributed by atoms with van der Waals surface area (Å²) in [6.45, 7) is 14.0. The summed E-state index contributed by atoms with van der Waals surface area (Å²) in [4.78, 5) is 0. The summed E-state index contributed by atoms with van der Waals surface area (Å²) >= 11 is 0. The minimum absolute atomic E-state index is 0. The van der Waals surface area contributed by atoms with Crippen molar-refractivity contribution in [1.29, 1.82) is 0 Å². The molecular weight excluding hydrogens is 593 g/mol. The first-order valence-corrected chi connectivity index (χ1v) is 14.2. The van der Waals surface area contributed by atoms with E-state index in [0.717, 1.165) is 0 Å². The van der Waals surface area contributed by atoms with E-state index in [1.165, 1.54) is 16.3 Å². The monoisotopic (exact) mass is 647 g/mol. The summed E-state index contributed by atoms with van der Waals surface area (Å²) in [5, 5.41) is 2.62. The molecule has 4 rings (SSSR count). The van der Waals surface area contributed by atoms with Crippen molar-refractivity contribution in [2.75, 3.05) is 0 Å². The fourth-order valence-electron chi connectivity index (χ4n) is 2.67. The zero-order valence-electron chi connectivity index (χ0n) is 27.9. The van der Waals surface area contributed by atoms with Crippen molar-refractivity contribution >= 4 is 10.8 Å². The van der Waals surface area contributed by atoms with Gasteiger partial charge in [-0.15, -0.1) is 0 Å². The number of rotatable bonds is 3. The standard InChI is InChI=1S/C10H8.C7H7.C6H6.3C6H10.CH3.Y/c1-2-6-10-8-4-3-7-9(10)5-1;1-7-5-3-2-4-6-7;1-2-4-6-5-3-1;3*1-3-5-6-4-2;;/h1-8H;2-5H,1H3;1-6H;3*3-6H,1-2H3;1H3;/q;-1;;;;;-1;/b;;;3*5-3-,6-4-;;. The molecule has 0 aliphatic heterocycles. The number of benzene rings is 4. The van der Waals surface area contributed by atoms with Gasteiger partial charge in [0.1, 0.15) is 0 Å². The van der Waals surface area contributed by atoms with Crippen LogP contribution in [0.25, 0.3) is 10.8 Å². The van der Waals surface area contributed by atoms with E-state index in [0.29, 0.717) is 0 Å². The van der Waals surface area contributed by atoms with Crippen LogP contribution < -0.4 is 0 Å². The fraction of sp³-hybridized carbons (Fsp3) is 0.167. The predicted molar refractivity (Wildman–Crippen MR) is 196 cm³/mol. The Balaban J connectivity index is -0.000000214. The van der Waals surface area contributed by atoms with E-state index in [1.54, 1.807) is 0 Å². The van der Waals surface area contributed by atoms with Gasteiger partial charge in [-0.2, -0.15) is 35.9 Å². The minimum atomic E-state index is 0. The molecule has 0 unspecified atom stereocenters. The van der Waals surface area contributed by atoms with Gasteiger partial charge in [-0.1, -0.05) is 165 Å². The van der Waals surface area contributed by atoms with Gasteiger partial charge in [-0.3, -0.25) is 0 Å². The molecule has 0 aliphatic carbocycles. The van der Waals surface area contributed by atoms with E-state index in [2.05, 4.69) is 54.6 Å². The number of hydrogen-bond donors (Lipinski definition) is 0. The third kappa shape index (κ3) is 36.7. The van der Waals surface area contributed by atoms with E-state index in [-0.39, 0.29) is 40.1 Å². The van der Waals surface area contributed by atoms with Crippen LogP contribution in [-0.4, -0.2) is 0 Å². The molecule has 0 saturated heterocycles. The normalized spacial score (nSPS) is 9.74. The van der Waals surface area contributed by atoms with Crippen LogP contribution in [0.3, 0.4) is 0 Å². The number of aryl methyl sites for hydroxylation is 1. The van der Waals surface area contributed by atoms with E-state index in [4.69, 9.17) is 0 Å². The fourth-order valence-corrected chi connectivity index (χ4v) is 2.67. The molecule has 0 aromatic heterocycles. The molecule has 0 saturated carbocycles. The number of hydrogen-bond acceptors (Lipinski definition) is 0. The van der Waals surface area contributed by atoms with Gasteiger partial charge < -0.3 is 7.43 Å². The maximum absolute atomic E-state index is 3.03. The van der Waals surface area contributed by atoms with E-state index < -0.39 is 0 Å². The molecule has 0 spiro atoms. The Morgan fingerprint density at radius 3 is 0.814 bits per heavy atom. The average Bonchev–Trinajstić information content (AvgIpc) is 3.04. The van der Waals surface area contributed by atoms with Gasteiger partial charge in [0.2, 0.25) is 0 Å². The SMILES string of the molecule is C/C=C\C=C/C.C/C=C\C=C/C.C/C=C\C=C/C.Cc1[c-]cccc1.[CH3-].[Y].c1ccc2ccccc2c1.c1ccccc1. The quantitative estimate of drug-likeness (QED) is 0.153. The smallest absolute Gasteiger partial charge is 0 e. The molecule has 0 bridgehead atoms. The first-order chi connectivity index (χ1) is 20.1. The van der Waals surface area contributed by atoms with Crippen molar-refractivity contribution in [3.63, 3.8) is 0 Å². The molecule has 1 heteroatoms. The molecule has 43 heavy (non-hydrogen) atoms. The van der Waals surface area contributed by atoms with Crippen molar-refractivity contribution < 1.29 is 32.7 Å². The van der Waals surface area contributed by atoms with Gasteiger partial charge in [0.15, 0.2) is 0 Å². The summed E-state index contributed by atoms with van der Waals surface area (Å²) < 4.78 is 0. The summed E-state index contributed by atoms with van der Waals surface area (Å²) in [6.07, 6.45) is 24.0. The van der Waals surface area contributed by atoms with Gasteiger partial charge in [-0.05, 0) is 52.3 Å². The molecule has 0 heterocycles. The zero-order valence-corrected chi connectivity index (χ0v) is 30.7. The number of allylic oxidation sites excluding steroid dienone is 12. The predicted octanol–water partition coefficient (Wildman–Crippen LogP) is 13.2. The average molecular weight is 648 g/mol. The molecule has 0 N–H and O–H groups in total. The Morgan fingerprint density at radius 1 is 0.395 bits per heavy atom. The number of fused-ring (bicyclic) bond motifs is 1. The molecule has 0 amide bonds. The Hall–Kier alpha value is -3.32. The second-order valence-corrected chi connectivity index (χ2v) is 8.20. The van der Waals surface area contributed by atoms with Crippen LogP contribution in [0.2, 0.25) is 0 Å². The first-order valence-electron chi connectivity index (χ1n) is 14.2. The molecule has 4 aromatic carbocycles. The van der Waals surface area contributed by atoms with Gasteiger partial charge >= 0.3 is 0 Å². The van der Waals surface area contributed by atoms with Crippen LogP contribution in [0.4, 0.5) is 0 Å². The third-order valence-electron chi connectivity index (χ3n) is 4.68. The van der Waals surface area contributed by atoms with Gasteiger partial charge in [0.05, 0.1) is 0 Å². The second kappa shape index (κ2) is 40.8. The Bertz CT molecular complexity index is 1060. The van der Waals surface area contributed by atoms with Crippen molar-refractivity contribution in [3.05, 3.63) is 201 Å². The largest absolute Gasteiger partial charge is 0.358 e. The summed E-state index contributed by atoms with van der Waals surface area (Å²) in [5.74, 6) is 0. The molecule has 1 radical (unpaired) electrons. The van der Waals surface area contributed by atoms with Crippen LogP contribution >= 0.6 is 0 Å². The Morgan fingerprint density at radius 2 is 0.651 bits per heavy atom. The van der Waals surface area contributed by atoms with E-state index in [9.17, 15) is 0 Å². The van der Waals surface area contributed by atoms with Crippen molar-refractivity contribution in [1.82, 2.24) is 0 Å². The summed E-state index contributed by atoms with van der Waals surface area (Å²) in [7, 11) is 0. The second-order valence-electron chi connectivity index (χ2n) is 8.20. The molecule has 4 aromatic rings. The van der Waals surface area contributed by atoms with Crippen LogP contribution in [0.15, 0.2) is 182 Å². The maximum atomic E-state index is 3.03. The van der Waals surface area contributed by atoms with Crippen molar-refractivity contribution in [2.24, 2.45) is 0 Å². The third-order valence-corrected chi connectivity index (χ3v) is 4.68. The molecule has 0 atom stereocenters. The molecule has 227 valence electrons. The van der Waals surface area contributed by atoms with Gasteiger partial charge in [0, 0.05) is 32.7 Å². The zero-order chi connectivity index (χ0) is 30.7. The molecule has 0 nitrogen and oxygen atoms in total. The first kappa shape index (κ1) is 46.6. The molecular formula is C42H54Y-2. The Kier molecular flexibility index (Phi) is 44.3. The van der Waals surface area contributed by atoms with Gasteiger partial charge in [-0.25, -0.2) is 0 Å². The van der Waals surface area contributed by atoms with Gasteiger partial charge in [0.25, 0.3) is 0 Å². The van der Waals surface area contributed by atoms with E-state index in [1.807, 2.05) is 182 Å². The molecule has 0 aliphatic rings. The van der Waals surface area contributed by atoms with Crippen LogP contribution in [0.5, 0.6) is 0 Å². The summed E-state index contributed by atoms with van der Waals surface area (Å²) in [6, 6.07) is 39.7. The molecule has 0 fully saturated rings. The minimum Gasteiger partial charge on any atom is -0.358 e. The van der Waals surface area contributed by atoms with Crippen LogP contribution in [-0.2, 0) is 32.7 Å². The maximum Gasteiger partial charge on any atom is 0 e.